The van der Waals surface area contributed by atoms with Gasteiger partial charge in [0.2, 0.25) is 0 Å². The number of nitrogens with two attached hydrogens (primary N) is 1. The van der Waals surface area contributed by atoms with Gasteiger partial charge in [-0.1, -0.05) is 60.7 Å². The van der Waals surface area contributed by atoms with Crippen molar-refractivity contribution in [1.29, 1.82) is 0 Å². The summed E-state index contributed by atoms with van der Waals surface area (Å²) < 4.78 is 0. The van der Waals surface area contributed by atoms with Crippen molar-refractivity contribution in [1.82, 2.24) is 0 Å². The number of carboxylic acids is 2. The number of nitrogens with one attached hydrogen (secondary N) is 1. The molecule has 0 spiro atoms. The molecule has 148 valence electrons. The van der Waals surface area contributed by atoms with E-state index in [-0.39, 0.29) is 22.8 Å². The zero-order chi connectivity index (χ0) is 21.3. The number of carbonyl (C=O) groups is 2. The van der Waals surface area contributed by atoms with Gasteiger partial charge in [-0.25, -0.2) is 14.6 Å². The minimum Gasteiger partial charge on any atom is -0.478 e. The summed E-state index contributed by atoms with van der Waals surface area (Å²) in [7, 11) is 0. The first-order valence-electron chi connectivity index (χ1n) is 9.07. The van der Waals surface area contributed by atoms with Gasteiger partial charge in [-0.15, -0.1) is 0 Å². The Kier molecular flexibility index (Phi) is 4.77. The number of fused-ring (bicyclic) bond motifs is 2. The van der Waals surface area contributed by atoms with Gasteiger partial charge in [0.05, 0.1) is 16.8 Å². The number of benzene rings is 4. The van der Waals surface area contributed by atoms with Crippen LogP contribution in [0.3, 0.4) is 0 Å². The second-order valence-electron chi connectivity index (χ2n) is 6.62. The number of aliphatic imine (C=N–C) groups is 1. The molecule has 4 rings (SSSR count). The first kappa shape index (κ1) is 18.9. The summed E-state index contributed by atoms with van der Waals surface area (Å²) in [4.78, 5) is 27.8. The normalized spacial score (nSPS) is 11.5. The maximum atomic E-state index is 11.8. The highest BCUT2D eigenvalue weighted by Crippen LogP contribution is 2.33. The molecule has 0 saturated carbocycles. The fourth-order valence-corrected chi connectivity index (χ4v) is 3.44. The third kappa shape index (κ3) is 3.40. The molecule has 4 aromatic carbocycles. The number of aromatic carboxylic acids is 2. The van der Waals surface area contributed by atoms with Crippen LogP contribution in [0.15, 0.2) is 77.8 Å². The van der Waals surface area contributed by atoms with Gasteiger partial charge in [0, 0.05) is 16.5 Å². The molecule has 7 heteroatoms. The first-order valence-corrected chi connectivity index (χ1v) is 9.07. The molecule has 0 aliphatic rings. The second-order valence-corrected chi connectivity index (χ2v) is 6.62. The van der Waals surface area contributed by atoms with Gasteiger partial charge in [-0.05, 0) is 22.9 Å². The van der Waals surface area contributed by atoms with E-state index in [1.54, 1.807) is 24.3 Å². The summed E-state index contributed by atoms with van der Waals surface area (Å²) in [5.41, 5.74) is 6.58. The number of rotatable bonds is 4. The molecule has 5 N–H and O–H groups in total. The second kappa shape index (κ2) is 7.56. The van der Waals surface area contributed by atoms with E-state index in [1.165, 1.54) is 0 Å². The van der Waals surface area contributed by atoms with Crippen molar-refractivity contribution in [3.05, 3.63) is 83.9 Å². The van der Waals surface area contributed by atoms with Gasteiger partial charge in [0.1, 0.15) is 0 Å². The summed E-state index contributed by atoms with van der Waals surface area (Å²) in [6.07, 6.45) is 0. The molecule has 30 heavy (non-hydrogen) atoms. The smallest absolute Gasteiger partial charge is 0.337 e. The Balaban J connectivity index is 1.87. The highest BCUT2D eigenvalue weighted by Gasteiger charge is 2.20. The van der Waals surface area contributed by atoms with E-state index in [0.717, 1.165) is 22.5 Å². The van der Waals surface area contributed by atoms with E-state index in [9.17, 15) is 19.8 Å². The van der Waals surface area contributed by atoms with Gasteiger partial charge < -0.3 is 21.3 Å². The molecule has 0 saturated heterocycles. The SMILES string of the molecule is NC(=Nc1c(C(=O)O)cc(C(=O)O)c2ccccc12)Nc1cccc2ccccc12. The van der Waals surface area contributed by atoms with E-state index in [2.05, 4.69) is 10.3 Å². The molecule has 0 fully saturated rings. The number of hydrogen-bond donors (Lipinski definition) is 4. The zero-order valence-electron chi connectivity index (χ0n) is 15.7. The van der Waals surface area contributed by atoms with E-state index >= 15 is 0 Å². The topological polar surface area (TPSA) is 125 Å². The molecule has 0 aromatic heterocycles. The maximum Gasteiger partial charge on any atom is 0.337 e. The van der Waals surface area contributed by atoms with Crippen LogP contribution in [0.5, 0.6) is 0 Å². The fraction of sp³-hybridized carbons (Fsp3) is 0. The lowest BCUT2D eigenvalue weighted by Gasteiger charge is -2.12. The average molecular weight is 399 g/mol. The quantitative estimate of drug-likeness (QED) is 0.297. The Hall–Kier alpha value is -4.39. The molecule has 4 aromatic rings. The number of guanidine groups is 1. The summed E-state index contributed by atoms with van der Waals surface area (Å²) in [6.45, 7) is 0. The van der Waals surface area contributed by atoms with Crippen LogP contribution in [0.2, 0.25) is 0 Å². The summed E-state index contributed by atoms with van der Waals surface area (Å²) >= 11 is 0. The van der Waals surface area contributed by atoms with Gasteiger partial charge >= 0.3 is 11.9 Å². The van der Waals surface area contributed by atoms with Crippen LogP contribution >= 0.6 is 0 Å². The van der Waals surface area contributed by atoms with Crippen molar-refractivity contribution in [2.24, 2.45) is 10.7 Å². The van der Waals surface area contributed by atoms with Crippen LogP contribution in [0.25, 0.3) is 21.5 Å². The van der Waals surface area contributed by atoms with Crippen LogP contribution in [0, 0.1) is 0 Å². The van der Waals surface area contributed by atoms with Crippen molar-refractivity contribution < 1.29 is 19.8 Å². The number of anilines is 1. The number of hydrogen-bond acceptors (Lipinski definition) is 3. The number of nitrogens with zero attached hydrogens (tertiary/aromatic N) is 1. The van der Waals surface area contributed by atoms with Crippen molar-refractivity contribution >= 4 is 50.8 Å². The largest absolute Gasteiger partial charge is 0.478 e. The minimum atomic E-state index is -1.29. The Bertz CT molecular complexity index is 1340. The molecule has 0 unspecified atom stereocenters. The Morgan fingerprint density at radius 1 is 0.767 bits per heavy atom. The molecular weight excluding hydrogens is 382 g/mol. The highest BCUT2D eigenvalue weighted by molar-refractivity contribution is 6.14. The number of carboxylic acid groups (broad SMARTS) is 2. The standard InChI is InChI=1S/C23H17N3O4/c24-23(25-19-11-5-7-13-6-1-2-8-14(13)19)26-20-16-10-4-3-9-15(16)17(21(27)28)12-18(20)22(29)30/h1-12H,(H,27,28)(H,29,30)(H3,24,25,26). The predicted molar refractivity (Wildman–Crippen MR) is 117 cm³/mol. The molecule has 0 bridgehead atoms. The third-order valence-corrected chi connectivity index (χ3v) is 4.76. The van der Waals surface area contributed by atoms with Gasteiger partial charge in [0.15, 0.2) is 5.96 Å². The molecule has 0 amide bonds. The molecule has 0 aliphatic heterocycles. The van der Waals surface area contributed by atoms with Gasteiger partial charge in [-0.2, -0.15) is 0 Å². The van der Waals surface area contributed by atoms with E-state index < -0.39 is 11.9 Å². The van der Waals surface area contributed by atoms with Crippen molar-refractivity contribution in [2.75, 3.05) is 5.32 Å². The maximum absolute atomic E-state index is 11.8. The Labute approximate surface area is 171 Å². The van der Waals surface area contributed by atoms with E-state index in [4.69, 9.17) is 5.73 Å². The molecular formula is C23H17N3O4. The lowest BCUT2D eigenvalue weighted by molar-refractivity contribution is 0.0696. The summed E-state index contributed by atoms with van der Waals surface area (Å²) in [6, 6.07) is 21.1. The van der Waals surface area contributed by atoms with Crippen LogP contribution in [0.4, 0.5) is 11.4 Å². The lowest BCUT2D eigenvalue weighted by atomic mass is 9.98. The molecule has 0 aliphatic carbocycles. The lowest BCUT2D eigenvalue weighted by Crippen LogP contribution is -2.22. The zero-order valence-corrected chi connectivity index (χ0v) is 15.7. The summed E-state index contributed by atoms with van der Waals surface area (Å²) in [5.74, 6) is -2.52. The summed E-state index contributed by atoms with van der Waals surface area (Å²) in [5, 5.41) is 24.9. The van der Waals surface area contributed by atoms with Crippen molar-refractivity contribution in [3.63, 3.8) is 0 Å². The highest BCUT2D eigenvalue weighted by atomic mass is 16.4. The van der Waals surface area contributed by atoms with Crippen LogP contribution in [-0.4, -0.2) is 28.1 Å². The molecule has 0 atom stereocenters. The predicted octanol–water partition coefficient (Wildman–Crippen LogP) is 4.45. The van der Waals surface area contributed by atoms with Crippen molar-refractivity contribution in [2.45, 2.75) is 0 Å². The fourth-order valence-electron chi connectivity index (χ4n) is 3.44. The minimum absolute atomic E-state index is 0.0120. The monoisotopic (exact) mass is 399 g/mol. The van der Waals surface area contributed by atoms with Crippen LogP contribution in [-0.2, 0) is 0 Å². The molecule has 0 radical (unpaired) electrons. The Morgan fingerprint density at radius 2 is 1.37 bits per heavy atom. The molecule has 0 heterocycles. The van der Waals surface area contributed by atoms with Crippen LogP contribution in [0.1, 0.15) is 20.7 Å². The average Bonchev–Trinajstić information content (AvgIpc) is 2.73. The third-order valence-electron chi connectivity index (χ3n) is 4.76. The van der Waals surface area contributed by atoms with Crippen LogP contribution < -0.4 is 11.1 Å². The van der Waals surface area contributed by atoms with Crippen molar-refractivity contribution in [3.8, 4) is 0 Å². The van der Waals surface area contributed by atoms with Gasteiger partial charge in [0.25, 0.3) is 0 Å². The van der Waals surface area contributed by atoms with E-state index in [0.29, 0.717) is 10.8 Å². The van der Waals surface area contributed by atoms with Gasteiger partial charge in [-0.3, -0.25) is 0 Å². The molecule has 7 nitrogen and oxygen atoms in total. The first-order chi connectivity index (χ1) is 14.5. The van der Waals surface area contributed by atoms with E-state index in [1.807, 2.05) is 42.5 Å². The Morgan fingerprint density at radius 3 is 2.07 bits per heavy atom.